The Morgan fingerprint density at radius 1 is 1.35 bits per heavy atom. The van der Waals surface area contributed by atoms with Crippen LogP contribution in [0.5, 0.6) is 0 Å². The smallest absolute Gasteiger partial charge is 0.257 e. The van der Waals surface area contributed by atoms with Gasteiger partial charge in [-0.25, -0.2) is 18.1 Å². The van der Waals surface area contributed by atoms with Crippen LogP contribution in [0.25, 0.3) is 0 Å². The minimum absolute atomic E-state index is 0.0361. The SMILES string of the molecule is O=S(=O)(NC1CCCCCC1O)c1cnc[nH]1. The first-order chi connectivity index (χ1) is 8.09. The van der Waals surface area contributed by atoms with E-state index in [1.807, 2.05) is 0 Å². The van der Waals surface area contributed by atoms with Crippen LogP contribution in [0, 0.1) is 0 Å². The first-order valence-electron chi connectivity index (χ1n) is 5.78. The van der Waals surface area contributed by atoms with E-state index in [2.05, 4.69) is 14.7 Å². The number of H-pyrrole nitrogens is 1. The van der Waals surface area contributed by atoms with Crippen molar-refractivity contribution in [3.05, 3.63) is 12.5 Å². The maximum atomic E-state index is 11.9. The van der Waals surface area contributed by atoms with Crippen molar-refractivity contribution >= 4 is 10.0 Å². The van der Waals surface area contributed by atoms with Gasteiger partial charge < -0.3 is 10.1 Å². The topological polar surface area (TPSA) is 95.1 Å². The Morgan fingerprint density at radius 2 is 2.12 bits per heavy atom. The van der Waals surface area contributed by atoms with E-state index in [0.717, 1.165) is 19.3 Å². The average Bonchev–Trinajstić information content (AvgIpc) is 2.74. The van der Waals surface area contributed by atoms with E-state index in [4.69, 9.17) is 0 Å². The quantitative estimate of drug-likeness (QED) is 0.684. The van der Waals surface area contributed by atoms with Crippen molar-refractivity contribution in [1.29, 1.82) is 0 Å². The van der Waals surface area contributed by atoms with Gasteiger partial charge in [0, 0.05) is 6.04 Å². The van der Waals surface area contributed by atoms with Crippen LogP contribution in [0.15, 0.2) is 17.6 Å². The number of aromatic amines is 1. The third-order valence-corrected chi connectivity index (χ3v) is 4.46. The number of nitrogens with zero attached hydrogens (tertiary/aromatic N) is 1. The van der Waals surface area contributed by atoms with Gasteiger partial charge in [0.25, 0.3) is 10.0 Å². The number of nitrogens with one attached hydrogen (secondary N) is 2. The number of imidazole rings is 1. The monoisotopic (exact) mass is 259 g/mol. The Hall–Kier alpha value is -0.920. The zero-order chi connectivity index (χ0) is 12.3. The van der Waals surface area contributed by atoms with Crippen molar-refractivity contribution in [2.75, 3.05) is 0 Å². The molecule has 0 bridgehead atoms. The van der Waals surface area contributed by atoms with Crippen molar-refractivity contribution in [2.45, 2.75) is 49.3 Å². The lowest BCUT2D eigenvalue weighted by Gasteiger charge is -2.20. The first-order valence-corrected chi connectivity index (χ1v) is 7.27. The van der Waals surface area contributed by atoms with E-state index in [9.17, 15) is 13.5 Å². The molecular formula is C10H17N3O3S. The lowest BCUT2D eigenvalue weighted by molar-refractivity contribution is 0.130. The maximum absolute atomic E-state index is 11.9. The second kappa shape index (κ2) is 5.16. The van der Waals surface area contributed by atoms with Crippen LogP contribution in [0.1, 0.15) is 32.1 Å². The van der Waals surface area contributed by atoms with Crippen LogP contribution in [0.3, 0.4) is 0 Å². The highest BCUT2D eigenvalue weighted by molar-refractivity contribution is 7.89. The van der Waals surface area contributed by atoms with Crippen molar-refractivity contribution in [3.63, 3.8) is 0 Å². The van der Waals surface area contributed by atoms with Gasteiger partial charge in [0.1, 0.15) is 0 Å². The summed E-state index contributed by atoms with van der Waals surface area (Å²) in [6, 6.07) is -0.397. The number of aliphatic hydroxyl groups is 1. The minimum atomic E-state index is -3.59. The molecule has 1 aliphatic carbocycles. The van der Waals surface area contributed by atoms with E-state index in [-0.39, 0.29) is 5.03 Å². The lowest BCUT2D eigenvalue weighted by Crippen LogP contribution is -2.42. The Kier molecular flexibility index (Phi) is 3.80. The largest absolute Gasteiger partial charge is 0.391 e. The number of aliphatic hydroxyl groups excluding tert-OH is 1. The number of hydrogen-bond acceptors (Lipinski definition) is 4. The van der Waals surface area contributed by atoms with E-state index >= 15 is 0 Å². The molecule has 1 saturated carbocycles. The molecule has 2 rings (SSSR count). The molecule has 3 N–H and O–H groups in total. The third-order valence-electron chi connectivity index (χ3n) is 3.05. The molecule has 96 valence electrons. The second-order valence-corrected chi connectivity index (χ2v) is 6.03. The Morgan fingerprint density at radius 3 is 2.82 bits per heavy atom. The summed E-state index contributed by atoms with van der Waals surface area (Å²) >= 11 is 0. The molecule has 17 heavy (non-hydrogen) atoms. The fourth-order valence-electron chi connectivity index (χ4n) is 2.08. The van der Waals surface area contributed by atoms with Gasteiger partial charge in [-0.1, -0.05) is 19.3 Å². The van der Waals surface area contributed by atoms with Gasteiger partial charge in [0.2, 0.25) is 0 Å². The van der Waals surface area contributed by atoms with Crippen LogP contribution >= 0.6 is 0 Å². The third kappa shape index (κ3) is 3.05. The fraction of sp³-hybridized carbons (Fsp3) is 0.700. The molecule has 0 saturated heterocycles. The molecule has 7 heteroatoms. The Bertz CT molecular complexity index is 443. The predicted molar refractivity (Wildman–Crippen MR) is 61.8 cm³/mol. The van der Waals surface area contributed by atoms with Crippen LogP contribution < -0.4 is 4.72 Å². The van der Waals surface area contributed by atoms with Crippen LogP contribution in [-0.4, -0.2) is 35.6 Å². The average molecular weight is 259 g/mol. The van der Waals surface area contributed by atoms with Crippen molar-refractivity contribution in [1.82, 2.24) is 14.7 Å². The Labute approximate surface area is 101 Å². The summed E-state index contributed by atoms with van der Waals surface area (Å²) in [6.45, 7) is 0. The van der Waals surface area contributed by atoms with Crippen molar-refractivity contribution in [2.24, 2.45) is 0 Å². The molecular weight excluding hydrogens is 242 g/mol. The molecule has 0 amide bonds. The van der Waals surface area contributed by atoms with Crippen molar-refractivity contribution in [3.8, 4) is 0 Å². The number of hydrogen-bond donors (Lipinski definition) is 3. The van der Waals surface area contributed by atoms with Gasteiger partial charge in [-0.2, -0.15) is 0 Å². The summed E-state index contributed by atoms with van der Waals surface area (Å²) in [4.78, 5) is 6.24. The second-order valence-electron chi connectivity index (χ2n) is 4.35. The molecule has 1 aliphatic rings. The molecule has 6 nitrogen and oxygen atoms in total. The number of aromatic nitrogens is 2. The van der Waals surface area contributed by atoms with Crippen LogP contribution in [0.4, 0.5) is 0 Å². The highest BCUT2D eigenvalue weighted by Gasteiger charge is 2.27. The molecule has 1 heterocycles. The molecule has 0 spiro atoms. The zero-order valence-electron chi connectivity index (χ0n) is 9.46. The summed E-state index contributed by atoms with van der Waals surface area (Å²) in [5.41, 5.74) is 0. The summed E-state index contributed by atoms with van der Waals surface area (Å²) in [5.74, 6) is 0. The maximum Gasteiger partial charge on any atom is 0.257 e. The van der Waals surface area contributed by atoms with E-state index in [1.165, 1.54) is 12.5 Å². The fourth-order valence-corrected chi connectivity index (χ4v) is 3.29. The van der Waals surface area contributed by atoms with E-state index in [1.54, 1.807) is 0 Å². The molecule has 2 atom stereocenters. The van der Waals surface area contributed by atoms with Gasteiger partial charge in [0.05, 0.1) is 18.6 Å². The van der Waals surface area contributed by atoms with Gasteiger partial charge in [-0.15, -0.1) is 0 Å². The highest BCUT2D eigenvalue weighted by Crippen LogP contribution is 2.19. The molecule has 0 radical (unpaired) electrons. The molecule has 1 aromatic rings. The van der Waals surface area contributed by atoms with Crippen molar-refractivity contribution < 1.29 is 13.5 Å². The zero-order valence-corrected chi connectivity index (χ0v) is 10.3. The summed E-state index contributed by atoms with van der Waals surface area (Å²) in [7, 11) is -3.59. The summed E-state index contributed by atoms with van der Waals surface area (Å²) < 4.78 is 26.4. The number of sulfonamides is 1. The van der Waals surface area contributed by atoms with Gasteiger partial charge in [-0.3, -0.25) is 0 Å². The van der Waals surface area contributed by atoms with Gasteiger partial charge in [0.15, 0.2) is 5.03 Å². The molecule has 0 aromatic carbocycles. The molecule has 1 aromatic heterocycles. The standard InChI is InChI=1S/C10H17N3O3S/c14-9-5-3-1-2-4-8(9)13-17(15,16)10-6-11-7-12-10/h6-9,13-14H,1-5H2,(H,11,12). The molecule has 2 unspecified atom stereocenters. The van der Waals surface area contributed by atoms with Crippen LogP contribution in [-0.2, 0) is 10.0 Å². The normalized spacial score (nSPS) is 26.6. The van der Waals surface area contributed by atoms with E-state index < -0.39 is 22.2 Å². The Balaban J connectivity index is 2.09. The first kappa shape index (κ1) is 12.5. The van der Waals surface area contributed by atoms with Gasteiger partial charge in [-0.05, 0) is 12.8 Å². The highest BCUT2D eigenvalue weighted by atomic mass is 32.2. The van der Waals surface area contributed by atoms with Crippen LogP contribution in [0.2, 0.25) is 0 Å². The molecule has 1 fully saturated rings. The van der Waals surface area contributed by atoms with E-state index in [0.29, 0.717) is 12.8 Å². The van der Waals surface area contributed by atoms with Gasteiger partial charge >= 0.3 is 0 Å². The predicted octanol–water partition coefficient (Wildman–Crippen LogP) is 0.382. The summed E-state index contributed by atoms with van der Waals surface area (Å²) in [6.07, 6.45) is 6.22. The molecule has 0 aliphatic heterocycles. The lowest BCUT2D eigenvalue weighted by atomic mass is 10.1. The minimum Gasteiger partial charge on any atom is -0.391 e. The number of rotatable bonds is 3. The summed E-state index contributed by atoms with van der Waals surface area (Å²) in [5, 5.41) is 9.89.